The average molecular weight is 530 g/mol. The van der Waals surface area contributed by atoms with E-state index in [2.05, 4.69) is 10.6 Å². The van der Waals surface area contributed by atoms with E-state index in [0.29, 0.717) is 5.69 Å². The molecule has 0 saturated heterocycles. The zero-order valence-corrected chi connectivity index (χ0v) is 20.2. The molecule has 0 spiro atoms. The molecule has 0 aromatic heterocycles. The molecule has 0 saturated carbocycles. The lowest BCUT2D eigenvalue weighted by atomic mass is 9.81. The number of carboxylic acids is 1. The number of carboxylic acid groups (broad SMARTS) is 1. The van der Waals surface area contributed by atoms with E-state index in [1.807, 2.05) is 0 Å². The van der Waals surface area contributed by atoms with Gasteiger partial charge in [-0.25, -0.2) is 4.79 Å². The first-order chi connectivity index (χ1) is 18.1. The van der Waals surface area contributed by atoms with Gasteiger partial charge in [0.2, 0.25) is 0 Å². The van der Waals surface area contributed by atoms with Crippen LogP contribution in [0.1, 0.15) is 42.2 Å². The topological polar surface area (TPSA) is 176 Å². The molecule has 0 aliphatic heterocycles. The van der Waals surface area contributed by atoms with Crippen molar-refractivity contribution in [1.29, 1.82) is 0 Å². The molecule has 11 heteroatoms. The summed E-state index contributed by atoms with van der Waals surface area (Å²) >= 11 is 0. The van der Waals surface area contributed by atoms with Crippen molar-refractivity contribution in [3.63, 3.8) is 0 Å². The van der Waals surface area contributed by atoms with Gasteiger partial charge in [-0.05, 0) is 36.4 Å². The Balaban J connectivity index is 1.65. The second kappa shape index (κ2) is 9.14. The number of para-hydroxylation sites is 1. The fraction of sp³-hybridized carbons (Fsp3) is 0. The second-order valence-electron chi connectivity index (χ2n) is 8.45. The van der Waals surface area contributed by atoms with Crippen molar-refractivity contribution in [3.8, 4) is 0 Å². The summed E-state index contributed by atoms with van der Waals surface area (Å²) in [5.41, 5.74) is 5.78. The molecule has 1 aliphatic carbocycles. The van der Waals surface area contributed by atoms with E-state index >= 15 is 0 Å². The number of carbonyl (C=O) groups is 3. The highest BCUT2D eigenvalue weighted by Gasteiger charge is 2.35. The van der Waals surface area contributed by atoms with Gasteiger partial charge >= 0.3 is 5.97 Å². The molecule has 0 fully saturated rings. The highest BCUT2D eigenvalue weighted by molar-refractivity contribution is 7.86. The number of rotatable bonds is 6. The van der Waals surface area contributed by atoms with Crippen LogP contribution < -0.4 is 16.4 Å². The van der Waals surface area contributed by atoms with Gasteiger partial charge in [0, 0.05) is 22.5 Å². The van der Waals surface area contributed by atoms with Gasteiger partial charge in [0.25, 0.3) is 10.1 Å². The third-order valence-electron chi connectivity index (χ3n) is 6.06. The maximum atomic E-state index is 13.4. The van der Waals surface area contributed by atoms with Gasteiger partial charge < -0.3 is 21.5 Å². The number of benzene rings is 4. The number of fused-ring (bicyclic) bond motifs is 2. The van der Waals surface area contributed by atoms with Crippen molar-refractivity contribution in [1.82, 2.24) is 0 Å². The molecule has 5 rings (SSSR count). The quantitative estimate of drug-likeness (QED) is 0.156. The Morgan fingerprint density at radius 1 is 0.737 bits per heavy atom. The Labute approximate surface area is 216 Å². The summed E-state index contributed by atoms with van der Waals surface area (Å²) in [6, 6.07) is 19.9. The number of nitrogens with one attached hydrogen (secondary N) is 2. The zero-order valence-electron chi connectivity index (χ0n) is 19.4. The van der Waals surface area contributed by atoms with Crippen molar-refractivity contribution in [2.75, 3.05) is 16.4 Å². The normalized spacial score (nSPS) is 12.4. The second-order valence-corrected chi connectivity index (χ2v) is 9.84. The number of carbonyl (C=O) groups excluding carboxylic acids is 2. The van der Waals surface area contributed by atoms with Gasteiger partial charge in [0.1, 0.15) is 4.90 Å². The average Bonchev–Trinajstić information content (AvgIpc) is 2.88. The van der Waals surface area contributed by atoms with Crippen LogP contribution in [0.15, 0.2) is 83.8 Å². The lowest BCUT2D eigenvalue weighted by Gasteiger charge is -2.23. The van der Waals surface area contributed by atoms with E-state index in [4.69, 9.17) is 5.73 Å². The van der Waals surface area contributed by atoms with Crippen LogP contribution >= 0.6 is 0 Å². The summed E-state index contributed by atoms with van der Waals surface area (Å²) in [5, 5.41) is 15.5. The summed E-state index contributed by atoms with van der Waals surface area (Å²) in [4.78, 5) is 38.2. The molecular formula is C27H19N3O7S. The first-order valence-corrected chi connectivity index (χ1v) is 12.6. The number of hydrogen-bond acceptors (Lipinski definition) is 8. The van der Waals surface area contributed by atoms with Crippen LogP contribution in [0.4, 0.5) is 28.4 Å². The molecule has 0 radical (unpaired) electrons. The van der Waals surface area contributed by atoms with Crippen LogP contribution in [0.2, 0.25) is 0 Å². The maximum absolute atomic E-state index is 13.4. The molecule has 4 aromatic carbocycles. The van der Waals surface area contributed by atoms with E-state index < -0.39 is 38.1 Å². The first kappa shape index (κ1) is 24.7. The number of hydrogen-bond donors (Lipinski definition) is 5. The highest BCUT2D eigenvalue weighted by atomic mass is 32.2. The number of aromatic carboxylic acids is 1. The number of ketones is 2. The summed E-state index contributed by atoms with van der Waals surface area (Å²) in [5.74, 6) is -2.59. The molecule has 10 nitrogen and oxygen atoms in total. The van der Waals surface area contributed by atoms with Crippen molar-refractivity contribution in [3.05, 3.63) is 107 Å². The fourth-order valence-electron chi connectivity index (χ4n) is 4.34. The Morgan fingerprint density at radius 2 is 1.32 bits per heavy atom. The van der Waals surface area contributed by atoms with Crippen LogP contribution in [0, 0.1) is 0 Å². The molecular weight excluding hydrogens is 510 g/mol. The van der Waals surface area contributed by atoms with E-state index in [0.717, 1.165) is 12.1 Å². The van der Waals surface area contributed by atoms with Crippen LogP contribution in [0.5, 0.6) is 0 Å². The lowest BCUT2D eigenvalue weighted by Crippen LogP contribution is -2.25. The lowest BCUT2D eigenvalue weighted by molar-refractivity contribution is 0.0697. The smallest absolute Gasteiger partial charge is 0.337 e. The summed E-state index contributed by atoms with van der Waals surface area (Å²) in [6.45, 7) is 0. The highest BCUT2D eigenvalue weighted by Crippen LogP contribution is 2.39. The molecule has 0 bridgehead atoms. The number of nitrogen functional groups attached to an aromatic ring is 1. The maximum Gasteiger partial charge on any atom is 0.337 e. The largest absolute Gasteiger partial charge is 0.478 e. The molecule has 0 heterocycles. The van der Waals surface area contributed by atoms with Crippen molar-refractivity contribution in [2.45, 2.75) is 4.90 Å². The Hall–Kier alpha value is -5.00. The molecule has 0 unspecified atom stereocenters. The minimum atomic E-state index is -4.71. The van der Waals surface area contributed by atoms with Gasteiger partial charge in [0.05, 0.1) is 33.8 Å². The van der Waals surface area contributed by atoms with Crippen LogP contribution in [-0.2, 0) is 10.1 Å². The number of nitrogens with two attached hydrogens (primary N) is 1. The zero-order chi connectivity index (χ0) is 27.2. The van der Waals surface area contributed by atoms with Crippen LogP contribution in [-0.4, -0.2) is 35.6 Å². The predicted molar refractivity (Wildman–Crippen MR) is 140 cm³/mol. The SMILES string of the molecule is Nc1c(C(=O)O)cc(Nc2ccc(Nc3ccccc3)c(S(=O)(=O)O)c2)c2c1C(=O)c1ccccc1C2=O. The van der Waals surface area contributed by atoms with Crippen molar-refractivity contribution in [2.24, 2.45) is 0 Å². The third-order valence-corrected chi connectivity index (χ3v) is 6.95. The third kappa shape index (κ3) is 4.25. The van der Waals surface area contributed by atoms with Gasteiger partial charge in [0.15, 0.2) is 11.6 Å². The van der Waals surface area contributed by atoms with Crippen molar-refractivity contribution < 1.29 is 32.5 Å². The van der Waals surface area contributed by atoms with E-state index in [1.165, 1.54) is 24.3 Å². The first-order valence-electron chi connectivity index (χ1n) is 11.1. The minimum Gasteiger partial charge on any atom is -0.478 e. The molecule has 38 heavy (non-hydrogen) atoms. The molecule has 0 amide bonds. The summed E-state index contributed by atoms with van der Waals surface area (Å²) in [7, 11) is -4.71. The summed E-state index contributed by atoms with van der Waals surface area (Å²) < 4.78 is 34.3. The monoisotopic (exact) mass is 529 g/mol. The Kier molecular flexibility index (Phi) is 5.94. The molecule has 1 aliphatic rings. The van der Waals surface area contributed by atoms with E-state index in [9.17, 15) is 32.5 Å². The van der Waals surface area contributed by atoms with Gasteiger partial charge in [-0.15, -0.1) is 0 Å². The van der Waals surface area contributed by atoms with Gasteiger partial charge in [-0.2, -0.15) is 8.42 Å². The fourth-order valence-corrected chi connectivity index (χ4v) is 5.02. The molecule has 4 aromatic rings. The van der Waals surface area contributed by atoms with Crippen LogP contribution in [0.25, 0.3) is 0 Å². The molecule has 6 N–H and O–H groups in total. The van der Waals surface area contributed by atoms with E-state index in [-0.39, 0.29) is 45.0 Å². The Morgan fingerprint density at radius 3 is 1.92 bits per heavy atom. The van der Waals surface area contributed by atoms with Gasteiger partial charge in [-0.1, -0.05) is 42.5 Å². The van der Waals surface area contributed by atoms with Crippen LogP contribution in [0.3, 0.4) is 0 Å². The Bertz CT molecular complexity index is 1770. The molecule has 190 valence electrons. The molecule has 0 atom stereocenters. The number of anilines is 5. The van der Waals surface area contributed by atoms with E-state index in [1.54, 1.807) is 42.5 Å². The minimum absolute atomic E-state index is 0.0653. The van der Waals surface area contributed by atoms with Gasteiger partial charge in [-0.3, -0.25) is 14.1 Å². The summed E-state index contributed by atoms with van der Waals surface area (Å²) in [6.07, 6.45) is 0. The standard InChI is InChI=1S/C27H19N3O7S/c28-24-18(27(33)34)13-20(22-23(24)26(32)17-9-5-4-8-16(17)25(22)31)30-15-10-11-19(21(12-15)38(35,36)37)29-14-6-2-1-3-7-14/h1-13,29-30H,28H2,(H,33,34)(H,35,36,37). The van der Waals surface area contributed by atoms with Crippen molar-refractivity contribution >= 4 is 56.1 Å². The predicted octanol–water partition coefficient (Wildman–Crippen LogP) is 4.48.